The first-order chi connectivity index (χ1) is 9.76. The average Bonchev–Trinajstić information content (AvgIpc) is 2.42. The third kappa shape index (κ3) is 4.45. The van der Waals surface area contributed by atoms with Gasteiger partial charge in [0.1, 0.15) is 0 Å². The lowest BCUT2D eigenvalue weighted by atomic mass is 10.1. The normalized spacial score (nSPS) is 11.4. The number of urea groups is 1. The number of esters is 1. The summed E-state index contributed by atoms with van der Waals surface area (Å²) < 4.78 is 5.65. The summed E-state index contributed by atoms with van der Waals surface area (Å²) in [4.78, 5) is 34.7. The molecule has 4 N–H and O–H groups in total. The Labute approximate surface area is 130 Å². The molecule has 0 bridgehead atoms. The van der Waals surface area contributed by atoms with Crippen molar-refractivity contribution in [3.8, 4) is 0 Å². The number of nitrogens with one attached hydrogen (secondary N) is 2. The number of nitrogens with two attached hydrogens (primary N) is 1. The first kappa shape index (κ1) is 17.0. The summed E-state index contributed by atoms with van der Waals surface area (Å²) in [6, 6.07) is 2.54. The average molecular weight is 358 g/mol. The maximum absolute atomic E-state index is 12.1. The van der Waals surface area contributed by atoms with Gasteiger partial charge in [-0.1, -0.05) is 15.9 Å². The van der Waals surface area contributed by atoms with E-state index < -0.39 is 24.0 Å². The van der Waals surface area contributed by atoms with Crippen molar-refractivity contribution in [3.63, 3.8) is 0 Å². The number of hydrogen-bond acceptors (Lipinski definition) is 5. The van der Waals surface area contributed by atoms with Crippen molar-refractivity contribution in [2.75, 3.05) is 12.8 Å². The van der Waals surface area contributed by atoms with Gasteiger partial charge in [0.25, 0.3) is 5.91 Å². The lowest BCUT2D eigenvalue weighted by Crippen LogP contribution is -2.43. The third-order valence-corrected chi connectivity index (χ3v) is 3.21. The quantitative estimate of drug-likeness (QED) is 0.558. The number of nitrogen functional groups attached to an aromatic ring is 1. The van der Waals surface area contributed by atoms with Gasteiger partial charge in [0.2, 0.25) is 0 Å². The number of hydrogen-bond donors (Lipinski definition) is 3. The van der Waals surface area contributed by atoms with E-state index in [1.54, 1.807) is 19.1 Å². The van der Waals surface area contributed by atoms with E-state index in [0.29, 0.717) is 15.7 Å². The Balaban J connectivity index is 2.82. The molecule has 0 radical (unpaired) electrons. The first-order valence-electron chi connectivity index (χ1n) is 6.05. The zero-order valence-corrected chi connectivity index (χ0v) is 13.4. The van der Waals surface area contributed by atoms with Gasteiger partial charge in [-0.25, -0.2) is 9.59 Å². The molecule has 0 aromatic heterocycles. The lowest BCUT2D eigenvalue weighted by molar-refractivity contribution is -0.127. The van der Waals surface area contributed by atoms with Gasteiger partial charge in [-0.3, -0.25) is 10.1 Å². The fraction of sp³-hybridized carbons (Fsp3) is 0.308. The summed E-state index contributed by atoms with van der Waals surface area (Å²) in [5, 5.41) is 4.25. The predicted octanol–water partition coefficient (Wildman–Crippen LogP) is 1.34. The molecular weight excluding hydrogens is 342 g/mol. The zero-order valence-electron chi connectivity index (χ0n) is 11.8. The molecule has 1 aromatic rings. The second kappa shape index (κ2) is 7.07. The molecule has 0 aliphatic carbocycles. The van der Waals surface area contributed by atoms with Gasteiger partial charge in [0.05, 0.1) is 5.56 Å². The molecule has 0 fully saturated rings. The Morgan fingerprint density at radius 1 is 1.33 bits per heavy atom. The molecule has 114 valence electrons. The van der Waals surface area contributed by atoms with Crippen LogP contribution in [0.5, 0.6) is 0 Å². The van der Waals surface area contributed by atoms with Crippen molar-refractivity contribution in [2.24, 2.45) is 0 Å². The Kier molecular flexibility index (Phi) is 5.71. The summed E-state index contributed by atoms with van der Waals surface area (Å²) in [6.45, 7) is 3.04. The highest BCUT2D eigenvalue weighted by molar-refractivity contribution is 9.10. The molecule has 1 aromatic carbocycles. The monoisotopic (exact) mass is 357 g/mol. The number of halogens is 1. The van der Waals surface area contributed by atoms with E-state index in [1.165, 1.54) is 14.0 Å². The second-order valence-electron chi connectivity index (χ2n) is 4.28. The molecule has 0 saturated carbocycles. The van der Waals surface area contributed by atoms with Gasteiger partial charge in [-0.15, -0.1) is 0 Å². The van der Waals surface area contributed by atoms with E-state index in [1.807, 2.05) is 5.32 Å². The number of carbonyl (C=O) groups is 3. The van der Waals surface area contributed by atoms with Crippen molar-refractivity contribution in [1.82, 2.24) is 10.6 Å². The zero-order chi connectivity index (χ0) is 16.2. The minimum absolute atomic E-state index is 0.251. The second-order valence-corrected chi connectivity index (χ2v) is 5.20. The molecule has 1 unspecified atom stereocenters. The van der Waals surface area contributed by atoms with Crippen LogP contribution in [0.15, 0.2) is 16.6 Å². The van der Waals surface area contributed by atoms with E-state index in [0.717, 1.165) is 0 Å². The van der Waals surface area contributed by atoms with Crippen LogP contribution < -0.4 is 16.4 Å². The topological polar surface area (TPSA) is 111 Å². The highest BCUT2D eigenvalue weighted by Crippen LogP contribution is 2.23. The highest BCUT2D eigenvalue weighted by atomic mass is 79.9. The van der Waals surface area contributed by atoms with Crippen LogP contribution in [-0.2, 0) is 9.53 Å². The molecule has 21 heavy (non-hydrogen) atoms. The van der Waals surface area contributed by atoms with Crippen molar-refractivity contribution in [1.29, 1.82) is 0 Å². The Morgan fingerprint density at radius 2 is 1.95 bits per heavy atom. The van der Waals surface area contributed by atoms with Gasteiger partial charge >= 0.3 is 12.0 Å². The van der Waals surface area contributed by atoms with Crippen LogP contribution in [0.4, 0.5) is 10.5 Å². The van der Waals surface area contributed by atoms with Gasteiger partial charge < -0.3 is 15.8 Å². The van der Waals surface area contributed by atoms with Crippen LogP contribution in [0.2, 0.25) is 0 Å². The summed E-state index contributed by atoms with van der Waals surface area (Å²) in [5.74, 6) is -1.41. The first-order valence-corrected chi connectivity index (χ1v) is 6.84. The SMILES string of the molecule is CNC(=O)NC(=O)C(C)OC(=O)c1cc(Br)cc(N)c1C. The summed E-state index contributed by atoms with van der Waals surface area (Å²) >= 11 is 3.23. The smallest absolute Gasteiger partial charge is 0.339 e. The van der Waals surface area contributed by atoms with Crippen molar-refractivity contribution < 1.29 is 19.1 Å². The number of benzene rings is 1. The number of rotatable bonds is 3. The summed E-state index contributed by atoms with van der Waals surface area (Å²) in [6.07, 6.45) is -1.12. The highest BCUT2D eigenvalue weighted by Gasteiger charge is 2.22. The van der Waals surface area contributed by atoms with Gasteiger partial charge in [0, 0.05) is 17.2 Å². The van der Waals surface area contributed by atoms with Crippen LogP contribution in [0.3, 0.4) is 0 Å². The van der Waals surface area contributed by atoms with E-state index in [-0.39, 0.29) is 5.56 Å². The fourth-order valence-electron chi connectivity index (χ4n) is 1.47. The Morgan fingerprint density at radius 3 is 2.52 bits per heavy atom. The summed E-state index contributed by atoms with van der Waals surface area (Å²) in [7, 11) is 1.37. The fourth-order valence-corrected chi connectivity index (χ4v) is 1.94. The van der Waals surface area contributed by atoms with E-state index in [4.69, 9.17) is 10.5 Å². The van der Waals surface area contributed by atoms with E-state index >= 15 is 0 Å². The van der Waals surface area contributed by atoms with Gasteiger partial charge in [-0.2, -0.15) is 0 Å². The molecule has 0 spiro atoms. The summed E-state index contributed by atoms with van der Waals surface area (Å²) in [5.41, 5.74) is 7.00. The molecular formula is C13H16BrN3O4. The van der Waals surface area contributed by atoms with E-state index in [2.05, 4.69) is 21.2 Å². The minimum atomic E-state index is -1.12. The molecule has 0 aliphatic heterocycles. The molecule has 0 heterocycles. The number of anilines is 1. The van der Waals surface area contributed by atoms with Gasteiger partial charge in [0.15, 0.2) is 6.10 Å². The van der Waals surface area contributed by atoms with Crippen molar-refractivity contribution in [2.45, 2.75) is 20.0 Å². The molecule has 0 saturated heterocycles. The standard InChI is InChI=1S/C13H16BrN3O4/c1-6-9(4-8(14)5-10(6)15)12(19)21-7(2)11(18)17-13(20)16-3/h4-5,7H,15H2,1-3H3,(H2,16,17,18,20). The van der Waals surface area contributed by atoms with E-state index in [9.17, 15) is 14.4 Å². The van der Waals surface area contributed by atoms with Crippen LogP contribution in [0, 0.1) is 6.92 Å². The maximum Gasteiger partial charge on any atom is 0.339 e. The van der Waals surface area contributed by atoms with Crippen LogP contribution in [0.1, 0.15) is 22.8 Å². The molecule has 0 aliphatic rings. The van der Waals surface area contributed by atoms with Gasteiger partial charge in [-0.05, 0) is 31.5 Å². The van der Waals surface area contributed by atoms with Crippen LogP contribution in [0.25, 0.3) is 0 Å². The molecule has 1 rings (SSSR count). The minimum Gasteiger partial charge on any atom is -0.449 e. The molecule has 8 heteroatoms. The van der Waals surface area contributed by atoms with Crippen LogP contribution in [-0.4, -0.2) is 31.1 Å². The predicted molar refractivity (Wildman–Crippen MR) is 80.8 cm³/mol. The number of carbonyl (C=O) groups excluding carboxylic acids is 3. The molecule has 3 amide bonds. The molecule has 1 atom stereocenters. The Bertz CT molecular complexity index is 589. The largest absolute Gasteiger partial charge is 0.449 e. The molecule has 7 nitrogen and oxygen atoms in total. The Hall–Kier alpha value is -2.09. The number of ether oxygens (including phenoxy) is 1. The van der Waals surface area contributed by atoms with Crippen molar-refractivity contribution in [3.05, 3.63) is 27.7 Å². The number of imide groups is 1. The number of amides is 3. The maximum atomic E-state index is 12.1. The van der Waals surface area contributed by atoms with Crippen LogP contribution >= 0.6 is 15.9 Å². The lowest BCUT2D eigenvalue weighted by Gasteiger charge is -2.14. The third-order valence-electron chi connectivity index (χ3n) is 2.75. The van der Waals surface area contributed by atoms with Crippen molar-refractivity contribution >= 4 is 39.5 Å².